The van der Waals surface area contributed by atoms with Crippen molar-refractivity contribution < 1.29 is 64.2 Å². The van der Waals surface area contributed by atoms with Crippen LogP contribution in [0.25, 0.3) is 50.8 Å². The summed E-state index contributed by atoms with van der Waals surface area (Å²) in [5.74, 6) is -0.269. The van der Waals surface area contributed by atoms with E-state index < -0.39 is 40.9 Å². The molecule has 3 fully saturated rings. The Hall–Kier alpha value is -10.8. The Morgan fingerprint density at radius 2 is 1.32 bits per heavy atom. The van der Waals surface area contributed by atoms with Gasteiger partial charge in [-0.3, -0.25) is 24.0 Å². The van der Waals surface area contributed by atoms with Crippen molar-refractivity contribution in [1.29, 1.82) is 0 Å². The second kappa shape index (κ2) is 39.0. The molecule has 618 valence electrons. The second-order valence-electron chi connectivity index (χ2n) is 31.4. The van der Waals surface area contributed by atoms with Crippen LogP contribution in [0, 0.1) is 11.8 Å². The Morgan fingerprint density at radius 1 is 0.658 bits per heavy atom. The van der Waals surface area contributed by atoms with Gasteiger partial charge in [0.25, 0.3) is 0 Å². The molecule has 0 spiro atoms. The monoisotopic (exact) mass is 1620 g/mol. The summed E-state index contributed by atoms with van der Waals surface area (Å²) in [4.78, 5) is 86.1. The number of hydrogen-bond donors (Lipinski definition) is 6. The zero-order chi connectivity index (χ0) is 82.2. The summed E-state index contributed by atoms with van der Waals surface area (Å²) >= 11 is 0. The van der Waals surface area contributed by atoms with Gasteiger partial charge >= 0.3 is 13.0 Å². The highest BCUT2D eigenvalue weighted by molar-refractivity contribution is 7.89. The average Bonchev–Trinajstić information content (AvgIpc) is 1.59. The molecule has 6 aromatic rings. The minimum Gasteiger partial charge on any atom is -0.497 e. The van der Waals surface area contributed by atoms with Crippen molar-refractivity contribution in [2.45, 2.75) is 153 Å². The van der Waals surface area contributed by atoms with Crippen LogP contribution in [0.5, 0.6) is 5.75 Å². The number of nitrogens with one attached hydrogen (secondary N) is 6. The second-order valence-corrected chi connectivity index (χ2v) is 33.3. The molecule has 13 rings (SSSR count). The SMILES string of the molecule is COc1ccc(-c2ccc3n2[B-](F)(F)[N+]2=C(C)C(CCC(=O)NCCCCCC(=O)NCCCC[C@H](NC(=O)[C@H](CC4CCCCC4)NC(=O)N4CCOCC4)C(=O)NCCCCNC(=O)C4CCN(S(=O)(=O)c5ccccc5-c5c6cc/c(=[N+](/C)c7ccccc7)cc-6oc6cc(N(C)c7ccccc7)ccc56)CC4)=C(C)C2=C3)cc1. The number of hydrogen-bond acceptors (Lipinski definition) is 12. The van der Waals surface area contributed by atoms with Gasteiger partial charge in [-0.25, -0.2) is 13.2 Å². The van der Waals surface area contributed by atoms with Crippen LogP contribution < -0.4 is 51.5 Å². The Morgan fingerprint density at radius 3 is 2.05 bits per heavy atom. The number of carbonyl (C=O) groups is 6. The zero-order valence-corrected chi connectivity index (χ0v) is 68.6. The predicted octanol–water partition coefficient (Wildman–Crippen LogP) is 13.3. The first-order valence-corrected chi connectivity index (χ1v) is 43.1. The van der Waals surface area contributed by atoms with Gasteiger partial charge in [0.1, 0.15) is 41.9 Å². The molecule has 27 heteroatoms. The molecule has 0 bridgehead atoms. The van der Waals surface area contributed by atoms with E-state index in [1.54, 1.807) is 73.5 Å². The summed E-state index contributed by atoms with van der Waals surface area (Å²) in [6.45, 7) is 2.49. The van der Waals surface area contributed by atoms with Crippen LogP contribution in [0.15, 0.2) is 184 Å². The zero-order valence-electron chi connectivity index (χ0n) is 67.8. The van der Waals surface area contributed by atoms with Crippen molar-refractivity contribution in [1.82, 2.24) is 50.2 Å². The van der Waals surface area contributed by atoms with Gasteiger partial charge in [-0.15, -0.1) is 0 Å². The summed E-state index contributed by atoms with van der Waals surface area (Å²) in [5.41, 5.74) is 9.22. The number of urea groups is 1. The average molecular weight is 1620 g/mol. The summed E-state index contributed by atoms with van der Waals surface area (Å²) < 4.78 is 86.9. The molecular formula is C90H110BF2N12O11S+. The normalized spacial score (nSPS) is 16.7. The topological polar surface area (TPSA) is 261 Å². The molecule has 0 radical (unpaired) electrons. The van der Waals surface area contributed by atoms with E-state index >= 15 is 17.0 Å². The highest BCUT2D eigenvalue weighted by atomic mass is 32.2. The fourth-order valence-corrected chi connectivity index (χ4v) is 18.7. The highest BCUT2D eigenvalue weighted by Crippen LogP contribution is 2.46. The number of piperidine rings is 1. The number of allylic oxidation sites excluding steroid dienone is 2. The van der Waals surface area contributed by atoms with Crippen molar-refractivity contribution in [3.63, 3.8) is 0 Å². The number of halogens is 2. The maximum atomic E-state index is 16.6. The van der Waals surface area contributed by atoms with Crippen LogP contribution in [-0.2, 0) is 38.7 Å². The smallest absolute Gasteiger partial charge is 0.497 e. The van der Waals surface area contributed by atoms with E-state index in [4.69, 9.17) is 13.9 Å². The number of sulfonamides is 1. The first-order chi connectivity index (χ1) is 56.7. The Balaban J connectivity index is 0.569. The van der Waals surface area contributed by atoms with Crippen LogP contribution in [0.4, 0.5) is 30.5 Å². The minimum absolute atomic E-state index is 0.127. The third-order valence-corrected chi connectivity index (χ3v) is 25.7. The van der Waals surface area contributed by atoms with Gasteiger partial charge in [-0.05, 0) is 162 Å². The minimum atomic E-state index is -4.25. The fourth-order valence-electron chi connectivity index (χ4n) is 17.0. The summed E-state index contributed by atoms with van der Waals surface area (Å²) in [6.07, 6.45) is 12.9. The molecule has 7 aliphatic rings. The molecule has 1 saturated carbocycles. The lowest BCUT2D eigenvalue weighted by Crippen LogP contribution is -2.57. The molecular weight excluding hydrogens is 1510 g/mol. The molecule has 2 saturated heterocycles. The largest absolute Gasteiger partial charge is 0.737 e. The molecule has 5 aliphatic heterocycles. The number of methoxy groups -OCH3 is 1. The maximum absolute atomic E-state index is 16.6. The predicted molar refractivity (Wildman–Crippen MR) is 454 cm³/mol. The third-order valence-electron chi connectivity index (χ3n) is 23.8. The number of anilines is 2. The first-order valence-electron chi connectivity index (χ1n) is 41.6. The number of unbranched alkanes of at least 4 members (excludes halogenated alkanes) is 4. The van der Waals surface area contributed by atoms with E-state index in [9.17, 15) is 28.8 Å². The number of nitrogens with zero attached hydrogens (tertiary/aromatic N) is 6. The molecule has 5 aromatic carbocycles. The summed E-state index contributed by atoms with van der Waals surface area (Å²) in [6, 6.07) is 47.4. The summed E-state index contributed by atoms with van der Waals surface area (Å²) in [5, 5.41) is 19.7. The quantitative estimate of drug-likeness (QED) is 0.00952. The number of ether oxygens (including phenoxy) is 2. The number of benzene rings is 6. The number of rotatable bonds is 34. The van der Waals surface area contributed by atoms with E-state index in [0.29, 0.717) is 168 Å². The van der Waals surface area contributed by atoms with Crippen LogP contribution in [-0.4, -0.2) is 174 Å². The van der Waals surface area contributed by atoms with E-state index in [-0.39, 0.29) is 79.4 Å². The van der Waals surface area contributed by atoms with E-state index in [2.05, 4.69) is 41.4 Å². The van der Waals surface area contributed by atoms with Crippen LogP contribution in [0.2, 0.25) is 0 Å². The molecule has 1 aromatic heterocycles. The number of morpholine rings is 1. The lowest BCUT2D eigenvalue weighted by Gasteiger charge is -2.31. The van der Waals surface area contributed by atoms with E-state index in [0.717, 1.165) is 91.1 Å². The first kappa shape index (κ1) is 84.2. The van der Waals surface area contributed by atoms with Crippen LogP contribution in [0.1, 0.15) is 142 Å². The van der Waals surface area contributed by atoms with Crippen molar-refractivity contribution in [2.75, 3.05) is 91.7 Å². The van der Waals surface area contributed by atoms with Crippen molar-refractivity contribution in [3.05, 3.63) is 186 Å². The third kappa shape index (κ3) is 20.1. The number of carbonyl (C=O) groups excluding carboxylic acids is 6. The number of para-hydroxylation sites is 2. The molecule has 0 unspecified atom stereocenters. The van der Waals surface area contributed by atoms with E-state index in [1.807, 2.05) is 130 Å². The number of aromatic nitrogens is 1. The molecule has 2 atom stereocenters. The van der Waals surface area contributed by atoms with Gasteiger partial charge in [-0.1, -0.05) is 93.1 Å². The lowest BCUT2D eigenvalue weighted by atomic mass is 9.84. The molecule has 117 heavy (non-hydrogen) atoms. The maximum Gasteiger partial charge on any atom is 0.737 e. The van der Waals surface area contributed by atoms with Crippen molar-refractivity contribution in [3.8, 4) is 39.5 Å². The van der Waals surface area contributed by atoms with Crippen LogP contribution in [0.3, 0.4) is 0 Å². The number of fused-ring (bicyclic) bond motifs is 4. The number of amides is 7. The van der Waals surface area contributed by atoms with Gasteiger partial charge in [0.05, 0.1) is 31.3 Å². The van der Waals surface area contributed by atoms with Gasteiger partial charge in [0.2, 0.25) is 50.6 Å². The lowest BCUT2D eigenvalue weighted by molar-refractivity contribution is -0.362. The standard InChI is InChI=1S/C90H109BF2N12O11S/c1-62-73(63(2)104-80(62)59-71-38-44-79(105(71)91(104,92)93)65-34-39-72(114-5)40-35-65)43-45-85(107)95-48-20-9-16-33-84(106)94-49-21-19-31-77(98-89(110)78(58-64-24-10-6-11-25-64)99-90(111)102-54-56-115-57-55-102)88(109)97-51-23-22-50-96-87(108)66-46-52-103(53-47-66)117(112,113)83-32-18-17-30-76(83)86-74-41-36-69(100(3)67-26-12-7-13-27-67)60-81(74)116-82-61-70(37-42-75(82)86)101(4)68-28-14-8-15-29-68/h7-8,12-15,17-18,26-30,32,34-42,44,59-61,64,66,77-78H,6,9-11,16,19-25,31,33,43,45-58H2,1-5H3,(H5-,94,95,96,97,98,99,106,107,108,109,110,111)/p+1/t77-,78-/m0/s1. The Kier molecular flexibility index (Phi) is 28.0. The molecule has 2 aliphatic carbocycles. The van der Waals surface area contributed by atoms with Crippen molar-refractivity contribution in [2.24, 2.45) is 11.8 Å². The molecule has 23 nitrogen and oxygen atoms in total. The Bertz CT molecular complexity index is 5150. The fraction of sp³-hybridized carbons (Fsp3) is 0.422. The molecule has 7 amide bonds. The molecule has 6 heterocycles. The Labute approximate surface area is 684 Å². The van der Waals surface area contributed by atoms with Gasteiger partial charge in [0.15, 0.2) is 5.70 Å². The summed E-state index contributed by atoms with van der Waals surface area (Å²) in [7, 11) is 1.44. The van der Waals surface area contributed by atoms with Gasteiger partial charge < -0.3 is 73.2 Å². The van der Waals surface area contributed by atoms with Gasteiger partial charge in [-0.2, -0.15) is 8.88 Å². The van der Waals surface area contributed by atoms with Gasteiger partial charge in [0, 0.05) is 171 Å². The molecule has 6 N–H and O–H groups in total. The van der Waals surface area contributed by atoms with Crippen molar-refractivity contribution >= 4 is 92.4 Å². The van der Waals surface area contributed by atoms with Crippen LogP contribution >= 0.6 is 0 Å². The highest BCUT2D eigenvalue weighted by Gasteiger charge is 2.54. The van der Waals surface area contributed by atoms with E-state index in [1.165, 1.54) is 4.31 Å².